The number of carbonyl (C=O) groups is 3. The minimum absolute atomic E-state index is 0.0269. The van der Waals surface area contributed by atoms with E-state index in [1.807, 2.05) is 0 Å². The molecule has 3 saturated heterocycles. The molecule has 5 heterocycles. The second kappa shape index (κ2) is 11.0. The number of fused-ring (bicyclic) bond motifs is 1. The zero-order valence-corrected chi connectivity index (χ0v) is 22.9. The summed E-state index contributed by atoms with van der Waals surface area (Å²) in [6.07, 6.45) is 1.61. The maximum absolute atomic E-state index is 12.5. The van der Waals surface area contributed by atoms with Crippen LogP contribution in [0.15, 0.2) is 6.33 Å². The molecule has 0 bridgehead atoms. The average Bonchev–Trinajstić information content (AvgIpc) is 3.60. The average molecular weight is 573 g/mol. The fraction of sp³-hybridized carbons (Fsp3) is 0.692. The third-order valence-electron chi connectivity index (χ3n) is 8.49. The second-order valence-corrected chi connectivity index (χ2v) is 11.4. The van der Waals surface area contributed by atoms with E-state index >= 15 is 0 Å². The summed E-state index contributed by atoms with van der Waals surface area (Å²) in [6.45, 7) is 1.22. The van der Waals surface area contributed by atoms with E-state index in [-0.39, 0.29) is 30.3 Å². The molecular weight excluding hydrogens is 536 g/mol. The van der Waals surface area contributed by atoms with Gasteiger partial charge in [-0.05, 0) is 44.4 Å². The number of likely N-dealkylation sites (tertiary alicyclic amines) is 2. The molecule has 3 aliphatic heterocycles. The van der Waals surface area contributed by atoms with E-state index in [4.69, 9.17) is 15.2 Å². The van der Waals surface area contributed by atoms with Crippen LogP contribution in [0.5, 0.6) is 0 Å². The second-order valence-electron chi connectivity index (χ2n) is 11.4. The van der Waals surface area contributed by atoms with Crippen molar-refractivity contribution < 1.29 is 34.1 Å². The molecule has 3 amide bonds. The van der Waals surface area contributed by atoms with E-state index in [2.05, 4.69) is 20.3 Å². The van der Waals surface area contributed by atoms with Crippen LogP contribution in [-0.2, 0) is 25.5 Å². The molecule has 4 aliphatic rings. The van der Waals surface area contributed by atoms with Crippen LogP contribution in [-0.4, -0.2) is 108 Å². The number of nitrogens with one attached hydrogen (secondary N) is 1. The third-order valence-corrected chi connectivity index (χ3v) is 8.49. The maximum Gasteiger partial charge on any atom is 0.411 e. The molecule has 0 aromatic carbocycles. The Morgan fingerprint density at radius 3 is 2.61 bits per heavy atom. The van der Waals surface area contributed by atoms with Crippen molar-refractivity contribution >= 4 is 34.9 Å². The van der Waals surface area contributed by atoms with Crippen LogP contribution in [0.3, 0.4) is 0 Å². The fourth-order valence-electron chi connectivity index (χ4n) is 5.64. The van der Waals surface area contributed by atoms with Gasteiger partial charge >= 0.3 is 6.09 Å². The molecule has 41 heavy (non-hydrogen) atoms. The van der Waals surface area contributed by atoms with Crippen molar-refractivity contribution in [3.05, 3.63) is 12.2 Å². The summed E-state index contributed by atoms with van der Waals surface area (Å²) in [5.74, 6) is 0.686. The van der Waals surface area contributed by atoms with Crippen LogP contribution in [0, 0.1) is 5.92 Å². The lowest BCUT2D eigenvalue weighted by Crippen LogP contribution is -2.54. The normalized spacial score (nSPS) is 28.7. The Balaban J connectivity index is 1.03. The number of hydrogen-bond donors (Lipinski definition) is 4. The van der Waals surface area contributed by atoms with E-state index in [0.717, 1.165) is 38.5 Å². The zero-order chi connectivity index (χ0) is 28.8. The summed E-state index contributed by atoms with van der Waals surface area (Å²) in [7, 11) is 1.63. The number of aliphatic hydroxyl groups is 2. The molecule has 6 rings (SSSR count). The minimum Gasteiger partial charge on any atom is -0.425 e. The van der Waals surface area contributed by atoms with Gasteiger partial charge in [-0.25, -0.2) is 19.7 Å². The molecular formula is C26H36N8O7. The van der Waals surface area contributed by atoms with Crippen molar-refractivity contribution in [1.82, 2.24) is 34.6 Å². The van der Waals surface area contributed by atoms with Gasteiger partial charge in [0.25, 0.3) is 5.91 Å². The van der Waals surface area contributed by atoms with Gasteiger partial charge in [0.2, 0.25) is 5.91 Å². The molecule has 0 spiro atoms. The smallest absolute Gasteiger partial charge is 0.411 e. The topological polar surface area (TPSA) is 198 Å². The molecule has 4 fully saturated rings. The Hall–Kier alpha value is -3.56. The number of aryl methyl sites for hydroxylation is 1. The number of nitrogen functional groups attached to an aromatic ring is 1. The summed E-state index contributed by atoms with van der Waals surface area (Å²) in [5.41, 5.74) is 6.88. The Morgan fingerprint density at radius 1 is 1.17 bits per heavy atom. The van der Waals surface area contributed by atoms with Crippen LogP contribution >= 0.6 is 0 Å². The highest BCUT2D eigenvalue weighted by molar-refractivity contribution is 5.84. The number of aromatic nitrogens is 4. The standard InChI is InChI=1S/C26H36N8O7/c1-32-16(35)11-17(32)40-26(39)33-9-7-13(8-10-33)3-2-4-15-30-22(27)18-23(31-15)34(12-28-18)25-20(37)19(36)21(41-25)24(38)29-14-5-6-14/h12-14,17,19-21,25,36-37H,2-11H2,1H3,(H,29,38)(H2,27,30,31)/t17?,19?,20-,21-,25+/m0/s1. The van der Waals surface area contributed by atoms with E-state index in [1.54, 1.807) is 11.9 Å². The lowest BCUT2D eigenvalue weighted by Gasteiger charge is -2.38. The van der Waals surface area contributed by atoms with Crippen LogP contribution < -0.4 is 11.1 Å². The van der Waals surface area contributed by atoms with Crippen molar-refractivity contribution in [2.24, 2.45) is 5.92 Å². The van der Waals surface area contributed by atoms with E-state index in [9.17, 15) is 24.6 Å². The van der Waals surface area contributed by atoms with Gasteiger partial charge in [-0.2, -0.15) is 0 Å². The summed E-state index contributed by atoms with van der Waals surface area (Å²) in [5, 5.41) is 24.0. The molecule has 5 atom stereocenters. The number of piperidine rings is 1. The fourth-order valence-corrected chi connectivity index (χ4v) is 5.64. The lowest BCUT2D eigenvalue weighted by molar-refractivity contribution is -0.161. The van der Waals surface area contributed by atoms with Gasteiger partial charge in [0.05, 0.1) is 12.7 Å². The first-order chi connectivity index (χ1) is 19.7. The van der Waals surface area contributed by atoms with Gasteiger partial charge < -0.3 is 40.5 Å². The number of anilines is 1. The summed E-state index contributed by atoms with van der Waals surface area (Å²) < 4.78 is 12.7. The molecule has 2 aromatic heterocycles. The Labute approximate surface area is 236 Å². The van der Waals surface area contributed by atoms with Gasteiger partial charge in [-0.1, -0.05) is 0 Å². The van der Waals surface area contributed by atoms with Crippen molar-refractivity contribution in [3.8, 4) is 0 Å². The van der Waals surface area contributed by atoms with Gasteiger partial charge in [0.15, 0.2) is 30.0 Å². The molecule has 15 heteroatoms. The van der Waals surface area contributed by atoms with Crippen molar-refractivity contribution in [2.45, 2.75) is 88.2 Å². The monoisotopic (exact) mass is 572 g/mol. The number of nitrogens with two attached hydrogens (primary N) is 1. The summed E-state index contributed by atoms with van der Waals surface area (Å²) >= 11 is 0. The largest absolute Gasteiger partial charge is 0.425 e. The molecule has 5 N–H and O–H groups in total. The number of carbonyl (C=O) groups excluding carboxylic acids is 3. The first-order valence-electron chi connectivity index (χ1n) is 14.2. The number of aliphatic hydroxyl groups excluding tert-OH is 2. The molecule has 222 valence electrons. The summed E-state index contributed by atoms with van der Waals surface area (Å²) in [4.78, 5) is 52.7. The number of β-lactam (4-membered cyclic amide) rings is 1. The Kier molecular flexibility index (Phi) is 7.42. The SMILES string of the molecule is CN1C(=O)CC1OC(=O)N1CCC(CCCc2nc(N)c3ncn([C@@H]4O[C@H](C(=O)NC5CC5)C(O)[C@@H]4O)c3n2)CC1. The Morgan fingerprint density at radius 2 is 1.93 bits per heavy atom. The number of ether oxygens (including phenoxy) is 2. The van der Waals surface area contributed by atoms with Gasteiger partial charge in [-0.15, -0.1) is 0 Å². The van der Waals surface area contributed by atoms with Crippen LogP contribution in [0.1, 0.15) is 57.0 Å². The highest BCUT2D eigenvalue weighted by Crippen LogP contribution is 2.33. The third kappa shape index (κ3) is 5.53. The highest BCUT2D eigenvalue weighted by atomic mass is 16.6. The van der Waals surface area contributed by atoms with Gasteiger partial charge in [0, 0.05) is 32.6 Å². The predicted molar refractivity (Wildman–Crippen MR) is 142 cm³/mol. The number of imidazole rings is 1. The van der Waals surface area contributed by atoms with Crippen molar-refractivity contribution in [1.29, 1.82) is 0 Å². The van der Waals surface area contributed by atoms with Crippen molar-refractivity contribution in [2.75, 3.05) is 25.9 Å². The number of hydrogen-bond acceptors (Lipinski definition) is 11. The molecule has 15 nitrogen and oxygen atoms in total. The first kappa shape index (κ1) is 27.6. The van der Waals surface area contributed by atoms with Crippen LogP contribution in [0.4, 0.5) is 10.6 Å². The van der Waals surface area contributed by atoms with E-state index in [1.165, 1.54) is 15.8 Å². The Bertz CT molecular complexity index is 1320. The van der Waals surface area contributed by atoms with Gasteiger partial charge in [0.1, 0.15) is 23.5 Å². The maximum atomic E-state index is 12.5. The molecule has 2 aromatic rings. The number of nitrogens with zero attached hydrogens (tertiary/aromatic N) is 6. The molecule has 1 saturated carbocycles. The molecule has 1 aliphatic carbocycles. The first-order valence-corrected chi connectivity index (χ1v) is 14.2. The number of rotatable bonds is 8. The lowest BCUT2D eigenvalue weighted by atomic mass is 9.91. The van der Waals surface area contributed by atoms with Crippen molar-refractivity contribution in [3.63, 3.8) is 0 Å². The minimum atomic E-state index is -1.40. The highest BCUT2D eigenvalue weighted by Gasteiger charge is 2.48. The zero-order valence-electron chi connectivity index (χ0n) is 22.9. The van der Waals surface area contributed by atoms with Gasteiger partial charge in [-0.3, -0.25) is 14.2 Å². The quantitative estimate of drug-likeness (QED) is 0.302. The summed E-state index contributed by atoms with van der Waals surface area (Å²) in [6, 6.07) is 0.0926. The van der Waals surface area contributed by atoms with Crippen LogP contribution in [0.25, 0.3) is 11.2 Å². The number of amides is 3. The predicted octanol–water partition coefficient (Wildman–Crippen LogP) is -0.334. The molecule has 0 radical (unpaired) electrons. The van der Waals surface area contributed by atoms with E-state index < -0.39 is 36.7 Å². The molecule has 2 unspecified atom stereocenters. The van der Waals surface area contributed by atoms with Crippen LogP contribution in [0.2, 0.25) is 0 Å². The van der Waals surface area contributed by atoms with E-state index in [0.29, 0.717) is 42.4 Å².